The van der Waals surface area contributed by atoms with Gasteiger partial charge in [0.25, 0.3) is 0 Å². The second-order valence-electron chi connectivity index (χ2n) is 3.78. The number of thiophene rings is 1. The standard InChI is InChI=1S/C15H11NS/c1-2-6-15-12(4-1)7-8-13(16-15)9-10-14-5-3-11-17-14/h1-11H/b10-9+. The van der Waals surface area contributed by atoms with E-state index in [4.69, 9.17) is 0 Å². The highest BCUT2D eigenvalue weighted by molar-refractivity contribution is 7.10. The minimum absolute atomic E-state index is 0.997. The van der Waals surface area contributed by atoms with Gasteiger partial charge in [0, 0.05) is 10.3 Å². The Kier molecular flexibility index (Phi) is 2.72. The molecule has 2 heterocycles. The lowest BCUT2D eigenvalue weighted by molar-refractivity contribution is 1.37. The fourth-order valence-corrected chi connectivity index (χ4v) is 2.35. The van der Waals surface area contributed by atoms with Crippen LogP contribution in [-0.2, 0) is 0 Å². The third-order valence-electron chi connectivity index (χ3n) is 2.58. The number of hydrogen-bond donors (Lipinski definition) is 0. The largest absolute Gasteiger partial charge is 0.248 e. The maximum Gasteiger partial charge on any atom is 0.0709 e. The van der Waals surface area contributed by atoms with Gasteiger partial charge < -0.3 is 0 Å². The normalized spacial score (nSPS) is 11.3. The van der Waals surface area contributed by atoms with E-state index in [-0.39, 0.29) is 0 Å². The van der Waals surface area contributed by atoms with Gasteiger partial charge in [-0.3, -0.25) is 0 Å². The summed E-state index contributed by atoms with van der Waals surface area (Å²) in [4.78, 5) is 5.84. The van der Waals surface area contributed by atoms with Crippen LogP contribution >= 0.6 is 11.3 Å². The molecule has 2 heteroatoms. The van der Waals surface area contributed by atoms with Crippen LogP contribution in [0.4, 0.5) is 0 Å². The van der Waals surface area contributed by atoms with Crippen LogP contribution in [0.2, 0.25) is 0 Å². The molecule has 3 aromatic rings. The molecular formula is C15H11NS. The van der Waals surface area contributed by atoms with Crippen molar-refractivity contribution in [3.05, 3.63) is 64.5 Å². The molecule has 82 valence electrons. The number of nitrogens with zero attached hydrogens (tertiary/aromatic N) is 1. The number of para-hydroxylation sites is 1. The van der Waals surface area contributed by atoms with Crippen LogP contribution < -0.4 is 0 Å². The maximum absolute atomic E-state index is 4.59. The molecule has 0 unspecified atom stereocenters. The molecule has 0 fully saturated rings. The Labute approximate surface area is 104 Å². The zero-order valence-electron chi connectivity index (χ0n) is 9.21. The fourth-order valence-electron chi connectivity index (χ4n) is 1.73. The average molecular weight is 237 g/mol. The molecule has 2 aromatic heterocycles. The van der Waals surface area contributed by atoms with Gasteiger partial charge in [-0.2, -0.15) is 0 Å². The second kappa shape index (κ2) is 4.52. The van der Waals surface area contributed by atoms with Gasteiger partial charge in [-0.05, 0) is 35.7 Å². The first kappa shape index (κ1) is 10.2. The van der Waals surface area contributed by atoms with Crippen molar-refractivity contribution in [1.82, 2.24) is 4.98 Å². The van der Waals surface area contributed by atoms with E-state index in [1.165, 1.54) is 10.3 Å². The summed E-state index contributed by atoms with van der Waals surface area (Å²) >= 11 is 1.73. The van der Waals surface area contributed by atoms with Gasteiger partial charge >= 0.3 is 0 Å². The predicted octanol–water partition coefficient (Wildman–Crippen LogP) is 4.47. The zero-order valence-corrected chi connectivity index (χ0v) is 10.0. The van der Waals surface area contributed by atoms with Crippen molar-refractivity contribution in [2.45, 2.75) is 0 Å². The summed E-state index contributed by atoms with van der Waals surface area (Å²) in [6.45, 7) is 0. The van der Waals surface area contributed by atoms with Crippen molar-refractivity contribution < 1.29 is 0 Å². The lowest BCUT2D eigenvalue weighted by Gasteiger charge is -1.97. The van der Waals surface area contributed by atoms with E-state index in [2.05, 4.69) is 46.8 Å². The van der Waals surface area contributed by atoms with Gasteiger partial charge in [-0.1, -0.05) is 30.3 Å². The van der Waals surface area contributed by atoms with Crippen molar-refractivity contribution in [1.29, 1.82) is 0 Å². The molecule has 0 bridgehead atoms. The molecule has 3 rings (SSSR count). The van der Waals surface area contributed by atoms with Crippen molar-refractivity contribution in [2.75, 3.05) is 0 Å². The quantitative estimate of drug-likeness (QED) is 0.641. The van der Waals surface area contributed by atoms with Crippen molar-refractivity contribution in [3.8, 4) is 0 Å². The molecule has 0 atom stereocenters. The van der Waals surface area contributed by atoms with Crippen LogP contribution in [0.1, 0.15) is 10.6 Å². The molecule has 0 spiro atoms. The smallest absolute Gasteiger partial charge is 0.0709 e. The summed E-state index contributed by atoms with van der Waals surface area (Å²) in [5.41, 5.74) is 2.04. The topological polar surface area (TPSA) is 12.9 Å². The van der Waals surface area contributed by atoms with Gasteiger partial charge in [0.15, 0.2) is 0 Å². The fraction of sp³-hybridized carbons (Fsp3) is 0. The predicted molar refractivity (Wildman–Crippen MR) is 75.0 cm³/mol. The van der Waals surface area contributed by atoms with E-state index in [1.54, 1.807) is 11.3 Å². The van der Waals surface area contributed by atoms with E-state index in [0.29, 0.717) is 0 Å². The second-order valence-corrected chi connectivity index (χ2v) is 4.76. The lowest BCUT2D eigenvalue weighted by Crippen LogP contribution is -1.81. The molecule has 0 saturated heterocycles. The first-order valence-electron chi connectivity index (χ1n) is 5.49. The van der Waals surface area contributed by atoms with Crippen LogP contribution in [0.15, 0.2) is 53.9 Å². The molecular weight excluding hydrogens is 226 g/mol. The Bertz CT molecular complexity index is 654. The number of benzene rings is 1. The highest BCUT2D eigenvalue weighted by Gasteiger charge is 1.94. The van der Waals surface area contributed by atoms with E-state index < -0.39 is 0 Å². The van der Waals surface area contributed by atoms with Gasteiger partial charge in [0.2, 0.25) is 0 Å². The van der Waals surface area contributed by atoms with Crippen LogP contribution in [0.3, 0.4) is 0 Å². The third-order valence-corrected chi connectivity index (χ3v) is 3.42. The number of aromatic nitrogens is 1. The molecule has 0 aliphatic rings. The van der Waals surface area contributed by atoms with Gasteiger partial charge in [-0.25, -0.2) is 4.98 Å². The molecule has 17 heavy (non-hydrogen) atoms. The SMILES string of the molecule is C(=C\c1cccs1)/c1ccc2ccccc2n1. The summed E-state index contributed by atoms with van der Waals surface area (Å²) in [6, 6.07) is 16.5. The number of pyridine rings is 1. The monoisotopic (exact) mass is 237 g/mol. The first-order chi connectivity index (χ1) is 8.42. The molecule has 0 saturated carbocycles. The Morgan fingerprint density at radius 2 is 1.82 bits per heavy atom. The first-order valence-corrected chi connectivity index (χ1v) is 6.37. The number of hydrogen-bond acceptors (Lipinski definition) is 2. The minimum Gasteiger partial charge on any atom is -0.248 e. The van der Waals surface area contributed by atoms with Crippen LogP contribution in [0, 0.1) is 0 Å². The molecule has 0 N–H and O–H groups in total. The highest BCUT2D eigenvalue weighted by atomic mass is 32.1. The van der Waals surface area contributed by atoms with Crippen molar-refractivity contribution in [2.24, 2.45) is 0 Å². The Morgan fingerprint density at radius 1 is 0.882 bits per heavy atom. The molecule has 0 aliphatic carbocycles. The Hall–Kier alpha value is -1.93. The van der Waals surface area contributed by atoms with Crippen molar-refractivity contribution >= 4 is 34.4 Å². The summed E-state index contributed by atoms with van der Waals surface area (Å²) in [5.74, 6) is 0. The minimum atomic E-state index is 0.997. The third kappa shape index (κ3) is 2.27. The summed E-state index contributed by atoms with van der Waals surface area (Å²) < 4.78 is 0. The van der Waals surface area contributed by atoms with Crippen LogP contribution in [0.25, 0.3) is 23.1 Å². The van der Waals surface area contributed by atoms with Crippen molar-refractivity contribution in [3.63, 3.8) is 0 Å². The number of rotatable bonds is 2. The molecule has 0 radical (unpaired) electrons. The summed E-state index contributed by atoms with van der Waals surface area (Å²) in [6.07, 6.45) is 4.15. The van der Waals surface area contributed by atoms with E-state index in [9.17, 15) is 0 Å². The van der Waals surface area contributed by atoms with Gasteiger partial charge in [0.1, 0.15) is 0 Å². The molecule has 0 aliphatic heterocycles. The van der Waals surface area contributed by atoms with E-state index in [0.717, 1.165) is 11.2 Å². The molecule has 1 aromatic carbocycles. The lowest BCUT2D eigenvalue weighted by atomic mass is 10.2. The van der Waals surface area contributed by atoms with Crippen LogP contribution in [0.5, 0.6) is 0 Å². The zero-order chi connectivity index (χ0) is 11.5. The Morgan fingerprint density at radius 3 is 2.71 bits per heavy atom. The number of fused-ring (bicyclic) bond motifs is 1. The Balaban J connectivity index is 1.96. The summed E-state index contributed by atoms with van der Waals surface area (Å²) in [7, 11) is 0. The highest BCUT2D eigenvalue weighted by Crippen LogP contribution is 2.15. The van der Waals surface area contributed by atoms with Crippen LogP contribution in [-0.4, -0.2) is 4.98 Å². The van der Waals surface area contributed by atoms with Gasteiger partial charge in [-0.15, -0.1) is 11.3 Å². The van der Waals surface area contributed by atoms with Gasteiger partial charge in [0.05, 0.1) is 11.2 Å². The molecule has 1 nitrogen and oxygen atoms in total. The van der Waals surface area contributed by atoms with E-state index in [1.807, 2.05) is 24.3 Å². The average Bonchev–Trinajstić information content (AvgIpc) is 2.89. The molecule has 0 amide bonds. The maximum atomic E-state index is 4.59. The van der Waals surface area contributed by atoms with E-state index >= 15 is 0 Å². The summed E-state index contributed by atoms with van der Waals surface area (Å²) in [5, 5.41) is 3.26.